The average Bonchev–Trinajstić information content (AvgIpc) is 2.66. The Labute approximate surface area is 161 Å². The molecule has 0 atom stereocenters. The molecule has 2 aromatic carbocycles. The molecule has 0 unspecified atom stereocenters. The normalized spacial score (nSPS) is 11.2. The molecule has 2 N–H and O–H groups in total. The number of nitrogens with one attached hydrogen (secondary N) is 2. The van der Waals surface area contributed by atoms with Crippen LogP contribution in [0.5, 0.6) is 0 Å². The van der Waals surface area contributed by atoms with Crippen LogP contribution in [0, 0.1) is 0 Å². The van der Waals surface area contributed by atoms with Gasteiger partial charge in [-0.1, -0.05) is 64.1 Å². The van der Waals surface area contributed by atoms with Gasteiger partial charge < -0.3 is 10.6 Å². The van der Waals surface area contributed by atoms with E-state index in [2.05, 4.69) is 61.5 Å². The molecule has 3 aromatic rings. The second-order valence-electron chi connectivity index (χ2n) is 7.40. The van der Waals surface area contributed by atoms with Crippen molar-refractivity contribution < 1.29 is 4.79 Å². The molecule has 0 aliphatic rings. The van der Waals surface area contributed by atoms with E-state index in [9.17, 15) is 4.79 Å². The Morgan fingerprint density at radius 3 is 2.22 bits per heavy atom. The topological polar surface area (TPSA) is 54.0 Å². The smallest absolute Gasteiger partial charge is 0.243 e. The number of carbonyl (C=O) groups excluding carboxylic acids is 1. The van der Waals surface area contributed by atoms with Crippen molar-refractivity contribution in [3.05, 3.63) is 65.9 Å². The zero-order chi connectivity index (χ0) is 19.4. The average molecular weight is 361 g/mol. The Balaban J connectivity index is 1.78. The number of amides is 1. The van der Waals surface area contributed by atoms with Crippen LogP contribution < -0.4 is 10.6 Å². The van der Waals surface area contributed by atoms with Gasteiger partial charge in [0.25, 0.3) is 0 Å². The van der Waals surface area contributed by atoms with Gasteiger partial charge in [-0.3, -0.25) is 9.78 Å². The van der Waals surface area contributed by atoms with Gasteiger partial charge in [0.15, 0.2) is 0 Å². The molecule has 0 radical (unpaired) electrons. The molecule has 4 nitrogen and oxygen atoms in total. The lowest BCUT2D eigenvalue weighted by molar-refractivity contribution is -0.114. The Bertz CT molecular complexity index is 916. The number of carbonyl (C=O) groups is 1. The maximum Gasteiger partial charge on any atom is 0.243 e. The maximum absolute atomic E-state index is 12.6. The number of para-hydroxylation sites is 2. The van der Waals surface area contributed by atoms with Crippen molar-refractivity contribution in [2.75, 3.05) is 17.2 Å². The molecule has 1 aromatic heterocycles. The van der Waals surface area contributed by atoms with E-state index in [4.69, 9.17) is 0 Å². The Hall–Kier alpha value is -2.88. The van der Waals surface area contributed by atoms with Crippen LogP contribution in [0.15, 0.2) is 54.7 Å². The number of hydrogen-bond acceptors (Lipinski definition) is 3. The van der Waals surface area contributed by atoms with E-state index < -0.39 is 0 Å². The Morgan fingerprint density at radius 2 is 1.56 bits per heavy atom. The lowest BCUT2D eigenvalue weighted by Crippen LogP contribution is -2.23. The first-order valence-electron chi connectivity index (χ1n) is 9.47. The summed E-state index contributed by atoms with van der Waals surface area (Å²) in [6.45, 7) is 8.91. The highest BCUT2D eigenvalue weighted by Gasteiger charge is 2.15. The molecule has 0 aliphatic heterocycles. The molecule has 0 bridgehead atoms. The number of pyridine rings is 1. The van der Waals surface area contributed by atoms with Gasteiger partial charge in [-0.2, -0.15) is 0 Å². The fourth-order valence-corrected chi connectivity index (χ4v) is 3.32. The van der Waals surface area contributed by atoms with Crippen LogP contribution in [0.1, 0.15) is 50.7 Å². The van der Waals surface area contributed by atoms with Crippen molar-refractivity contribution in [2.45, 2.75) is 39.5 Å². The summed E-state index contributed by atoms with van der Waals surface area (Å²) in [5.74, 6) is 0.689. The summed E-state index contributed by atoms with van der Waals surface area (Å²) in [5.41, 5.74) is 5.09. The van der Waals surface area contributed by atoms with Crippen LogP contribution in [-0.4, -0.2) is 17.4 Å². The summed E-state index contributed by atoms with van der Waals surface area (Å²) in [4.78, 5) is 17.0. The fraction of sp³-hybridized carbons (Fsp3) is 0.304. The second kappa shape index (κ2) is 8.21. The number of nitrogens with zero attached hydrogens (tertiary/aromatic N) is 1. The van der Waals surface area contributed by atoms with E-state index in [0.717, 1.165) is 22.3 Å². The summed E-state index contributed by atoms with van der Waals surface area (Å²) in [5, 5.41) is 7.38. The fourth-order valence-electron chi connectivity index (χ4n) is 3.32. The third-order valence-corrected chi connectivity index (χ3v) is 4.71. The minimum absolute atomic E-state index is 0.0820. The van der Waals surface area contributed by atoms with E-state index in [1.54, 1.807) is 6.20 Å². The van der Waals surface area contributed by atoms with Gasteiger partial charge in [0.1, 0.15) is 0 Å². The highest BCUT2D eigenvalue weighted by molar-refractivity contribution is 6.01. The number of benzene rings is 2. The Morgan fingerprint density at radius 1 is 0.926 bits per heavy atom. The molecule has 0 saturated heterocycles. The van der Waals surface area contributed by atoms with Crippen molar-refractivity contribution in [3.8, 4) is 0 Å². The van der Waals surface area contributed by atoms with E-state index in [-0.39, 0.29) is 12.5 Å². The van der Waals surface area contributed by atoms with Crippen LogP contribution >= 0.6 is 0 Å². The van der Waals surface area contributed by atoms with E-state index in [1.165, 1.54) is 11.1 Å². The molecule has 1 amide bonds. The highest BCUT2D eigenvalue weighted by Crippen LogP contribution is 2.32. The van der Waals surface area contributed by atoms with Crippen molar-refractivity contribution in [1.29, 1.82) is 0 Å². The van der Waals surface area contributed by atoms with Crippen LogP contribution in [0.4, 0.5) is 11.4 Å². The standard InChI is InChI=1S/C23H27N3O/c1-15(2)18-10-6-11-19(16(3)4)23(18)25-14-21(27)26-20-12-5-8-17-9-7-13-24-22(17)20/h5-13,15-16,25H,14H2,1-4H3,(H,26,27). The second-order valence-corrected chi connectivity index (χ2v) is 7.40. The van der Waals surface area contributed by atoms with Gasteiger partial charge in [0.2, 0.25) is 5.91 Å². The predicted molar refractivity (Wildman–Crippen MR) is 113 cm³/mol. The summed E-state index contributed by atoms with van der Waals surface area (Å²) < 4.78 is 0. The lowest BCUT2D eigenvalue weighted by Gasteiger charge is -2.20. The number of anilines is 2. The highest BCUT2D eigenvalue weighted by atomic mass is 16.1. The summed E-state index contributed by atoms with van der Waals surface area (Å²) in [6.07, 6.45) is 1.74. The molecular weight excluding hydrogens is 334 g/mol. The maximum atomic E-state index is 12.6. The van der Waals surface area contributed by atoms with Crippen LogP contribution in [0.2, 0.25) is 0 Å². The summed E-state index contributed by atoms with van der Waals surface area (Å²) in [6, 6.07) is 16.0. The van der Waals surface area contributed by atoms with Crippen LogP contribution in [0.25, 0.3) is 10.9 Å². The molecule has 140 valence electrons. The summed E-state index contributed by atoms with van der Waals surface area (Å²) in [7, 11) is 0. The largest absolute Gasteiger partial charge is 0.376 e. The lowest BCUT2D eigenvalue weighted by atomic mass is 9.92. The van der Waals surface area contributed by atoms with Crippen molar-refractivity contribution in [3.63, 3.8) is 0 Å². The molecule has 0 spiro atoms. The molecule has 27 heavy (non-hydrogen) atoms. The van der Waals surface area contributed by atoms with Gasteiger partial charge in [0.05, 0.1) is 17.7 Å². The van der Waals surface area contributed by atoms with Gasteiger partial charge in [-0.05, 0) is 35.1 Å². The molecule has 0 saturated carbocycles. The van der Waals surface area contributed by atoms with Crippen molar-refractivity contribution in [2.24, 2.45) is 0 Å². The molecule has 0 fully saturated rings. The first-order chi connectivity index (χ1) is 13.0. The van der Waals surface area contributed by atoms with Crippen LogP contribution in [-0.2, 0) is 4.79 Å². The molecule has 0 aliphatic carbocycles. The summed E-state index contributed by atoms with van der Waals surface area (Å²) >= 11 is 0. The van der Waals surface area contributed by atoms with E-state index >= 15 is 0 Å². The monoisotopic (exact) mass is 361 g/mol. The Kier molecular flexibility index (Phi) is 5.75. The first-order valence-corrected chi connectivity index (χ1v) is 9.47. The van der Waals surface area contributed by atoms with Gasteiger partial charge in [0, 0.05) is 17.3 Å². The molecule has 1 heterocycles. The predicted octanol–water partition coefficient (Wildman–Crippen LogP) is 5.53. The number of aromatic nitrogens is 1. The minimum atomic E-state index is -0.0820. The van der Waals surface area contributed by atoms with E-state index in [0.29, 0.717) is 11.8 Å². The molecular formula is C23H27N3O. The quantitative estimate of drug-likeness (QED) is 0.607. The number of rotatable bonds is 6. The third kappa shape index (κ3) is 4.27. The SMILES string of the molecule is CC(C)c1cccc(C(C)C)c1NCC(=O)Nc1cccc2cccnc12. The minimum Gasteiger partial charge on any atom is -0.376 e. The first kappa shape index (κ1) is 18.9. The van der Waals surface area contributed by atoms with Crippen molar-refractivity contribution in [1.82, 2.24) is 4.98 Å². The van der Waals surface area contributed by atoms with Gasteiger partial charge in [-0.25, -0.2) is 0 Å². The van der Waals surface area contributed by atoms with Gasteiger partial charge in [-0.15, -0.1) is 0 Å². The number of hydrogen-bond donors (Lipinski definition) is 2. The number of fused-ring (bicyclic) bond motifs is 1. The zero-order valence-electron chi connectivity index (χ0n) is 16.4. The van der Waals surface area contributed by atoms with Crippen LogP contribution in [0.3, 0.4) is 0 Å². The third-order valence-electron chi connectivity index (χ3n) is 4.71. The van der Waals surface area contributed by atoms with Gasteiger partial charge >= 0.3 is 0 Å². The van der Waals surface area contributed by atoms with E-state index in [1.807, 2.05) is 30.3 Å². The zero-order valence-corrected chi connectivity index (χ0v) is 16.4. The molecule has 3 rings (SSSR count). The molecule has 4 heteroatoms. The van der Waals surface area contributed by atoms with Crippen molar-refractivity contribution >= 4 is 28.2 Å².